The van der Waals surface area contributed by atoms with E-state index in [2.05, 4.69) is 9.47 Å². The van der Waals surface area contributed by atoms with Crippen molar-refractivity contribution in [3.8, 4) is 0 Å². The van der Waals surface area contributed by atoms with Gasteiger partial charge in [0.2, 0.25) is 6.79 Å². The Balaban J connectivity index is 2.09. The van der Waals surface area contributed by atoms with E-state index >= 15 is 0 Å². The maximum atomic E-state index is 11.2. The highest BCUT2D eigenvalue weighted by molar-refractivity contribution is 5.90. The van der Waals surface area contributed by atoms with E-state index in [9.17, 15) is 14.4 Å². The Kier molecular flexibility index (Phi) is 5.96. The third-order valence-electron chi connectivity index (χ3n) is 2.51. The lowest BCUT2D eigenvalue weighted by atomic mass is 9.98. The topological polar surface area (TPSA) is 99.1 Å². The van der Waals surface area contributed by atoms with Crippen molar-refractivity contribution in [1.29, 1.82) is 0 Å². The number of esters is 1. The SMILES string of the molecule is O=C(O)CC(=O)OCOC(=O)OC1CCCCC1. The highest BCUT2D eigenvalue weighted by Crippen LogP contribution is 2.20. The van der Waals surface area contributed by atoms with Crippen LogP contribution in [0.2, 0.25) is 0 Å². The van der Waals surface area contributed by atoms with Gasteiger partial charge in [-0.2, -0.15) is 0 Å². The first-order valence-corrected chi connectivity index (χ1v) is 5.79. The van der Waals surface area contributed by atoms with Crippen LogP contribution in [0, 0.1) is 0 Å². The van der Waals surface area contributed by atoms with Crippen molar-refractivity contribution in [3.63, 3.8) is 0 Å². The summed E-state index contributed by atoms with van der Waals surface area (Å²) in [5.74, 6) is -2.27. The number of rotatable bonds is 5. The van der Waals surface area contributed by atoms with Gasteiger partial charge in [-0.15, -0.1) is 0 Å². The van der Waals surface area contributed by atoms with Crippen LogP contribution in [0.4, 0.5) is 4.79 Å². The maximum Gasteiger partial charge on any atom is 0.511 e. The van der Waals surface area contributed by atoms with Crippen LogP contribution in [-0.4, -0.2) is 36.1 Å². The molecule has 0 radical (unpaired) electrons. The van der Waals surface area contributed by atoms with Gasteiger partial charge in [0, 0.05) is 0 Å². The van der Waals surface area contributed by atoms with Crippen LogP contribution in [0.15, 0.2) is 0 Å². The predicted molar refractivity (Wildman–Crippen MR) is 57.7 cm³/mol. The van der Waals surface area contributed by atoms with E-state index in [4.69, 9.17) is 9.84 Å². The van der Waals surface area contributed by atoms with E-state index in [1.807, 2.05) is 0 Å². The van der Waals surface area contributed by atoms with Gasteiger partial charge in [0.25, 0.3) is 0 Å². The molecule has 1 rings (SSSR count). The first kappa shape index (κ1) is 14.3. The molecule has 102 valence electrons. The molecular weight excluding hydrogens is 244 g/mol. The number of aliphatic carboxylic acids is 1. The first-order chi connectivity index (χ1) is 8.58. The zero-order valence-electron chi connectivity index (χ0n) is 9.92. The Morgan fingerprint density at radius 1 is 1.06 bits per heavy atom. The van der Waals surface area contributed by atoms with Crippen LogP contribution >= 0.6 is 0 Å². The van der Waals surface area contributed by atoms with Crippen molar-refractivity contribution in [3.05, 3.63) is 0 Å². The van der Waals surface area contributed by atoms with Crippen molar-refractivity contribution >= 4 is 18.1 Å². The molecule has 0 aromatic carbocycles. The molecule has 0 aromatic rings. The second-order valence-corrected chi connectivity index (χ2v) is 3.98. The van der Waals surface area contributed by atoms with E-state index in [1.54, 1.807) is 0 Å². The molecule has 7 heteroatoms. The normalized spacial score (nSPS) is 15.8. The fourth-order valence-electron chi connectivity index (χ4n) is 1.67. The number of carboxylic acid groups (broad SMARTS) is 1. The molecule has 1 aliphatic rings. The zero-order chi connectivity index (χ0) is 13.4. The van der Waals surface area contributed by atoms with Gasteiger partial charge >= 0.3 is 18.1 Å². The second-order valence-electron chi connectivity index (χ2n) is 3.98. The van der Waals surface area contributed by atoms with Crippen molar-refractivity contribution < 1.29 is 33.7 Å². The quantitative estimate of drug-likeness (QED) is 0.453. The van der Waals surface area contributed by atoms with E-state index in [0.717, 1.165) is 32.1 Å². The fraction of sp³-hybridized carbons (Fsp3) is 0.727. The Hall–Kier alpha value is -1.79. The number of carboxylic acids is 1. The molecule has 7 nitrogen and oxygen atoms in total. The molecule has 0 bridgehead atoms. The summed E-state index contributed by atoms with van der Waals surface area (Å²) in [5, 5.41) is 8.28. The number of hydrogen-bond donors (Lipinski definition) is 1. The van der Waals surface area contributed by atoms with E-state index in [1.165, 1.54) is 0 Å². The molecule has 1 fully saturated rings. The van der Waals surface area contributed by atoms with Gasteiger partial charge in [0.05, 0.1) is 0 Å². The van der Waals surface area contributed by atoms with Crippen molar-refractivity contribution in [2.24, 2.45) is 0 Å². The van der Waals surface area contributed by atoms with Crippen molar-refractivity contribution in [1.82, 2.24) is 0 Å². The van der Waals surface area contributed by atoms with Gasteiger partial charge in [-0.25, -0.2) is 4.79 Å². The standard InChI is InChI=1S/C11H16O7/c12-9(13)6-10(14)16-7-17-11(15)18-8-4-2-1-3-5-8/h8H,1-7H2,(H,12,13). The van der Waals surface area contributed by atoms with Crippen molar-refractivity contribution in [2.75, 3.05) is 6.79 Å². The zero-order valence-corrected chi connectivity index (χ0v) is 9.92. The number of carbonyl (C=O) groups excluding carboxylic acids is 2. The summed E-state index contributed by atoms with van der Waals surface area (Å²) in [4.78, 5) is 32.1. The second kappa shape index (κ2) is 7.52. The summed E-state index contributed by atoms with van der Waals surface area (Å²) < 4.78 is 13.9. The summed E-state index contributed by atoms with van der Waals surface area (Å²) in [6, 6.07) is 0. The van der Waals surface area contributed by atoms with Crippen molar-refractivity contribution in [2.45, 2.75) is 44.6 Å². The molecule has 0 atom stereocenters. The van der Waals surface area contributed by atoms with Gasteiger partial charge < -0.3 is 19.3 Å². The molecule has 0 aliphatic heterocycles. The Labute approximate surface area is 104 Å². The molecule has 18 heavy (non-hydrogen) atoms. The Bertz CT molecular complexity index is 307. The van der Waals surface area contributed by atoms with Crippen LogP contribution in [0.1, 0.15) is 38.5 Å². The lowest BCUT2D eigenvalue weighted by Gasteiger charge is -2.21. The summed E-state index contributed by atoms with van der Waals surface area (Å²) in [6.45, 7) is -0.627. The monoisotopic (exact) mass is 260 g/mol. The summed E-state index contributed by atoms with van der Waals surface area (Å²) in [5.41, 5.74) is 0. The highest BCUT2D eigenvalue weighted by Gasteiger charge is 2.18. The van der Waals surface area contributed by atoms with Crippen LogP contribution in [0.5, 0.6) is 0 Å². The number of ether oxygens (including phenoxy) is 3. The molecule has 1 saturated carbocycles. The van der Waals surface area contributed by atoms with E-state index < -0.39 is 31.3 Å². The lowest BCUT2D eigenvalue weighted by molar-refractivity contribution is -0.158. The first-order valence-electron chi connectivity index (χ1n) is 5.79. The minimum absolute atomic E-state index is 0.138. The third-order valence-corrected chi connectivity index (χ3v) is 2.51. The molecule has 0 aromatic heterocycles. The minimum Gasteiger partial charge on any atom is -0.481 e. The van der Waals surface area contributed by atoms with Crippen LogP contribution in [0.25, 0.3) is 0 Å². The van der Waals surface area contributed by atoms with E-state index in [0.29, 0.717) is 0 Å². The summed E-state index contributed by atoms with van der Waals surface area (Å²) >= 11 is 0. The van der Waals surface area contributed by atoms with Gasteiger partial charge in [-0.05, 0) is 25.7 Å². The van der Waals surface area contributed by atoms with Crippen LogP contribution < -0.4 is 0 Å². The molecule has 0 unspecified atom stereocenters. The summed E-state index contributed by atoms with van der Waals surface area (Å²) in [7, 11) is 0. The number of hydrogen-bond acceptors (Lipinski definition) is 6. The smallest absolute Gasteiger partial charge is 0.481 e. The minimum atomic E-state index is -1.30. The Morgan fingerprint density at radius 2 is 1.72 bits per heavy atom. The average molecular weight is 260 g/mol. The molecule has 1 N–H and O–H groups in total. The molecule has 0 spiro atoms. The average Bonchev–Trinajstić information content (AvgIpc) is 2.29. The van der Waals surface area contributed by atoms with Gasteiger partial charge in [-0.1, -0.05) is 6.42 Å². The third kappa shape index (κ3) is 6.07. The molecule has 1 aliphatic carbocycles. The van der Waals surface area contributed by atoms with Gasteiger partial charge in [0.15, 0.2) is 0 Å². The highest BCUT2D eigenvalue weighted by atomic mass is 16.8. The van der Waals surface area contributed by atoms with Gasteiger partial charge in [0.1, 0.15) is 12.5 Å². The largest absolute Gasteiger partial charge is 0.511 e. The molecular formula is C11H16O7. The van der Waals surface area contributed by atoms with Gasteiger partial charge in [-0.3, -0.25) is 9.59 Å². The lowest BCUT2D eigenvalue weighted by Crippen LogP contribution is -2.23. The maximum absolute atomic E-state index is 11.2. The van der Waals surface area contributed by atoms with Crippen LogP contribution in [-0.2, 0) is 23.8 Å². The van der Waals surface area contributed by atoms with Crippen LogP contribution in [0.3, 0.4) is 0 Å². The molecule has 0 saturated heterocycles. The number of carbonyl (C=O) groups is 3. The van der Waals surface area contributed by atoms with E-state index in [-0.39, 0.29) is 6.10 Å². The summed E-state index contributed by atoms with van der Waals surface area (Å²) in [6.07, 6.45) is 3.01. The molecule has 0 heterocycles. The molecule has 0 amide bonds. The predicted octanol–water partition coefficient (Wildman–Crippen LogP) is 1.45. The fourth-order valence-corrected chi connectivity index (χ4v) is 1.67. The Morgan fingerprint density at radius 3 is 2.33 bits per heavy atom.